The Morgan fingerprint density at radius 3 is 2.67 bits per heavy atom. The largest absolute Gasteiger partial charge is 0.497 e. The summed E-state index contributed by atoms with van der Waals surface area (Å²) in [4.78, 5) is 8.64. The van der Waals surface area contributed by atoms with Crippen molar-refractivity contribution in [2.75, 3.05) is 24.4 Å². The number of nitrogens with two attached hydrogens (primary N) is 1. The number of hydrogen-bond acceptors (Lipinski definition) is 8. The van der Waals surface area contributed by atoms with Crippen LogP contribution in [0.4, 0.5) is 17.6 Å². The number of aryl methyl sites for hydroxylation is 1. The van der Waals surface area contributed by atoms with Gasteiger partial charge in [0, 0.05) is 23.4 Å². The lowest BCUT2D eigenvalue weighted by Crippen LogP contribution is -2.04. The summed E-state index contributed by atoms with van der Waals surface area (Å²) in [6.45, 7) is 1.75. The number of aromatic nitrogens is 4. The highest BCUT2D eigenvalue weighted by molar-refractivity contribution is 7.90. The van der Waals surface area contributed by atoms with Crippen molar-refractivity contribution in [3.05, 3.63) is 48.2 Å². The minimum Gasteiger partial charge on any atom is -0.497 e. The van der Waals surface area contributed by atoms with Crippen molar-refractivity contribution in [1.82, 2.24) is 20.2 Å². The zero-order valence-corrected chi connectivity index (χ0v) is 17.4. The number of nitrogen functional groups attached to an aromatic ring is 1. The van der Waals surface area contributed by atoms with Crippen molar-refractivity contribution in [2.24, 2.45) is 0 Å². The number of H-pyrrole nitrogens is 1. The molecule has 0 unspecified atom stereocenters. The van der Waals surface area contributed by atoms with E-state index in [2.05, 4.69) is 25.5 Å². The summed E-state index contributed by atoms with van der Waals surface area (Å²) in [5, 5.41) is 11.2. The molecule has 0 atom stereocenters. The van der Waals surface area contributed by atoms with E-state index in [4.69, 9.17) is 10.5 Å². The van der Waals surface area contributed by atoms with E-state index in [-0.39, 0.29) is 10.8 Å². The molecule has 2 aromatic heterocycles. The molecule has 9 nitrogen and oxygen atoms in total. The second-order valence-electron chi connectivity index (χ2n) is 6.85. The second kappa shape index (κ2) is 7.30. The summed E-state index contributed by atoms with van der Waals surface area (Å²) in [6, 6.07) is 10.7. The van der Waals surface area contributed by atoms with Crippen LogP contribution in [0.2, 0.25) is 0 Å². The summed E-state index contributed by atoms with van der Waals surface area (Å²) in [5.74, 6) is 1.69. The Balaban J connectivity index is 1.83. The Labute approximate surface area is 173 Å². The number of benzene rings is 2. The standard InChI is InChI=1S/C20H20N6O3S/c1-11-4-5-12(8-17(11)30(3,27)28)15-10-22-20(21)24-18(15)23-19-14-9-13(29-2)6-7-16(14)25-26-19/h4-10H,1-3H3,(H4,21,22,23,24,25,26). The molecule has 0 aliphatic heterocycles. The van der Waals surface area contributed by atoms with Crippen LogP contribution in [-0.4, -0.2) is 41.9 Å². The lowest BCUT2D eigenvalue weighted by molar-refractivity contribution is 0.415. The average Bonchev–Trinajstić information content (AvgIpc) is 3.10. The molecular weight excluding hydrogens is 404 g/mol. The number of fused-ring (bicyclic) bond motifs is 1. The first-order chi connectivity index (χ1) is 14.3. The molecule has 2 aromatic carbocycles. The molecule has 0 fully saturated rings. The van der Waals surface area contributed by atoms with Gasteiger partial charge in [0.15, 0.2) is 15.7 Å². The third kappa shape index (κ3) is 3.64. The first kappa shape index (κ1) is 19.6. The quantitative estimate of drug-likeness (QED) is 0.445. The normalized spacial score (nSPS) is 11.6. The summed E-state index contributed by atoms with van der Waals surface area (Å²) in [6.07, 6.45) is 2.73. The van der Waals surface area contributed by atoms with E-state index in [0.717, 1.165) is 10.9 Å². The Bertz CT molecular complexity index is 1360. The van der Waals surface area contributed by atoms with Crippen molar-refractivity contribution in [2.45, 2.75) is 11.8 Å². The van der Waals surface area contributed by atoms with E-state index in [1.807, 2.05) is 24.3 Å². The van der Waals surface area contributed by atoms with Crippen LogP contribution in [-0.2, 0) is 9.84 Å². The van der Waals surface area contributed by atoms with Crippen LogP contribution >= 0.6 is 0 Å². The topological polar surface area (TPSA) is 136 Å². The third-order valence-electron chi connectivity index (χ3n) is 4.71. The minimum atomic E-state index is -3.39. The fraction of sp³-hybridized carbons (Fsp3) is 0.150. The smallest absolute Gasteiger partial charge is 0.221 e. The van der Waals surface area contributed by atoms with E-state index in [1.54, 1.807) is 32.4 Å². The van der Waals surface area contributed by atoms with Crippen molar-refractivity contribution < 1.29 is 13.2 Å². The summed E-state index contributed by atoms with van der Waals surface area (Å²) in [7, 11) is -1.80. The zero-order chi connectivity index (χ0) is 21.5. The lowest BCUT2D eigenvalue weighted by atomic mass is 10.1. The zero-order valence-electron chi connectivity index (χ0n) is 16.6. The first-order valence-corrected chi connectivity index (χ1v) is 10.9. The van der Waals surface area contributed by atoms with Crippen LogP contribution in [0.5, 0.6) is 5.75 Å². The Hall–Kier alpha value is -3.66. The molecule has 0 spiro atoms. The molecule has 4 N–H and O–H groups in total. The molecule has 154 valence electrons. The maximum atomic E-state index is 12.1. The molecule has 10 heteroatoms. The van der Waals surface area contributed by atoms with Gasteiger partial charge >= 0.3 is 0 Å². The SMILES string of the molecule is COc1ccc2[nH]nc(Nc3nc(N)ncc3-c3ccc(C)c(S(C)(=O)=O)c3)c2c1. The molecule has 2 heterocycles. The van der Waals surface area contributed by atoms with Crippen LogP contribution in [0.25, 0.3) is 22.0 Å². The van der Waals surface area contributed by atoms with Crippen LogP contribution in [0.15, 0.2) is 47.5 Å². The molecule has 4 aromatic rings. The van der Waals surface area contributed by atoms with Crippen LogP contribution in [0.3, 0.4) is 0 Å². The van der Waals surface area contributed by atoms with E-state index < -0.39 is 9.84 Å². The number of anilines is 3. The molecule has 0 aliphatic carbocycles. The molecule has 0 aliphatic rings. The van der Waals surface area contributed by atoms with Crippen molar-refractivity contribution in [3.63, 3.8) is 0 Å². The summed E-state index contributed by atoms with van der Waals surface area (Å²) >= 11 is 0. The Morgan fingerprint density at radius 1 is 1.13 bits per heavy atom. The molecule has 0 saturated carbocycles. The van der Waals surface area contributed by atoms with E-state index in [9.17, 15) is 8.42 Å². The molecule has 30 heavy (non-hydrogen) atoms. The lowest BCUT2D eigenvalue weighted by Gasteiger charge is -2.12. The summed E-state index contributed by atoms with van der Waals surface area (Å²) < 4.78 is 29.6. The maximum Gasteiger partial charge on any atom is 0.221 e. The number of sulfone groups is 1. The predicted octanol–water partition coefficient (Wildman–Crippen LogP) is 3.07. The van der Waals surface area contributed by atoms with Crippen molar-refractivity contribution >= 4 is 38.3 Å². The van der Waals surface area contributed by atoms with E-state index in [1.165, 1.54) is 6.26 Å². The number of methoxy groups -OCH3 is 1. The summed E-state index contributed by atoms with van der Waals surface area (Å²) in [5.41, 5.74) is 8.52. The average molecular weight is 424 g/mol. The molecule has 0 bridgehead atoms. The number of rotatable bonds is 5. The van der Waals surface area contributed by atoms with E-state index >= 15 is 0 Å². The van der Waals surface area contributed by atoms with Crippen molar-refractivity contribution in [1.29, 1.82) is 0 Å². The molecule has 4 rings (SSSR count). The molecule has 0 radical (unpaired) electrons. The van der Waals surface area contributed by atoms with Gasteiger partial charge in [0.1, 0.15) is 11.6 Å². The number of nitrogens with one attached hydrogen (secondary N) is 2. The highest BCUT2D eigenvalue weighted by Gasteiger charge is 2.17. The highest BCUT2D eigenvalue weighted by Crippen LogP contribution is 2.33. The van der Waals surface area contributed by atoms with Gasteiger partial charge in [-0.05, 0) is 42.3 Å². The predicted molar refractivity (Wildman–Crippen MR) is 116 cm³/mol. The van der Waals surface area contributed by atoms with E-state index in [0.29, 0.717) is 34.1 Å². The fourth-order valence-electron chi connectivity index (χ4n) is 3.20. The Morgan fingerprint density at radius 2 is 1.93 bits per heavy atom. The van der Waals surface area contributed by atoms with Crippen LogP contribution in [0.1, 0.15) is 5.56 Å². The molecule has 0 amide bonds. The van der Waals surface area contributed by atoms with Gasteiger partial charge in [0.2, 0.25) is 5.95 Å². The number of hydrogen-bond donors (Lipinski definition) is 3. The fourth-order valence-corrected chi connectivity index (χ4v) is 4.19. The van der Waals surface area contributed by atoms with Gasteiger partial charge in [-0.15, -0.1) is 0 Å². The number of aromatic amines is 1. The molecular formula is C20H20N6O3S. The van der Waals surface area contributed by atoms with Gasteiger partial charge in [-0.1, -0.05) is 12.1 Å². The Kier molecular flexibility index (Phi) is 4.78. The van der Waals surface area contributed by atoms with Gasteiger partial charge in [0.05, 0.1) is 17.5 Å². The number of ether oxygens (including phenoxy) is 1. The highest BCUT2D eigenvalue weighted by atomic mass is 32.2. The second-order valence-corrected chi connectivity index (χ2v) is 8.84. The first-order valence-electron chi connectivity index (χ1n) is 8.99. The van der Waals surface area contributed by atoms with Gasteiger partial charge in [-0.25, -0.2) is 13.4 Å². The number of nitrogens with zero attached hydrogens (tertiary/aromatic N) is 3. The van der Waals surface area contributed by atoms with Gasteiger partial charge in [-0.3, -0.25) is 5.10 Å². The minimum absolute atomic E-state index is 0.0779. The monoisotopic (exact) mass is 424 g/mol. The van der Waals surface area contributed by atoms with Crippen LogP contribution in [0, 0.1) is 6.92 Å². The third-order valence-corrected chi connectivity index (χ3v) is 5.95. The van der Waals surface area contributed by atoms with Gasteiger partial charge in [0.25, 0.3) is 0 Å². The molecule has 0 saturated heterocycles. The van der Waals surface area contributed by atoms with Gasteiger partial charge < -0.3 is 15.8 Å². The van der Waals surface area contributed by atoms with Crippen LogP contribution < -0.4 is 15.8 Å². The maximum absolute atomic E-state index is 12.1. The van der Waals surface area contributed by atoms with Gasteiger partial charge in [-0.2, -0.15) is 10.1 Å². The van der Waals surface area contributed by atoms with Crippen molar-refractivity contribution in [3.8, 4) is 16.9 Å².